The van der Waals surface area contributed by atoms with Crippen molar-refractivity contribution in [1.29, 1.82) is 0 Å². The number of aliphatic hydroxyl groups excluding tert-OH is 2. The fourth-order valence-electron chi connectivity index (χ4n) is 11.9. The molecular weight excluding hydrogens is 1020 g/mol. The Labute approximate surface area is 519 Å². The summed E-state index contributed by atoms with van der Waals surface area (Å²) in [5.41, 5.74) is 0. The lowest BCUT2D eigenvalue weighted by atomic mass is 10.0. The predicted molar refractivity (Wildman–Crippen MR) is 366 cm³/mol. The van der Waals surface area contributed by atoms with Crippen LogP contribution in [0.1, 0.15) is 418 Å². The fourth-order valence-corrected chi connectivity index (χ4v) is 11.9. The number of carbonyl (C=O) groups is 2. The van der Waals surface area contributed by atoms with Gasteiger partial charge in [0.05, 0.1) is 25.4 Å². The lowest BCUT2D eigenvalue weighted by Crippen LogP contribution is -2.45. The van der Waals surface area contributed by atoms with Gasteiger partial charge in [0.1, 0.15) is 0 Å². The number of nitrogens with one attached hydrogen (secondary N) is 1. The van der Waals surface area contributed by atoms with Crippen LogP contribution in [0.2, 0.25) is 0 Å². The van der Waals surface area contributed by atoms with Crippen molar-refractivity contribution in [3.63, 3.8) is 0 Å². The van der Waals surface area contributed by atoms with Gasteiger partial charge in [-0.1, -0.05) is 359 Å². The molecule has 3 N–H and O–H groups in total. The number of ether oxygens (including phenoxy) is 1. The van der Waals surface area contributed by atoms with Gasteiger partial charge >= 0.3 is 5.97 Å². The van der Waals surface area contributed by atoms with Crippen LogP contribution < -0.4 is 5.32 Å². The summed E-state index contributed by atoms with van der Waals surface area (Å²) >= 11 is 0. The zero-order chi connectivity index (χ0) is 59.9. The van der Waals surface area contributed by atoms with Gasteiger partial charge in [0.2, 0.25) is 5.91 Å². The van der Waals surface area contributed by atoms with E-state index in [4.69, 9.17) is 4.74 Å². The highest BCUT2D eigenvalue weighted by molar-refractivity contribution is 5.76. The van der Waals surface area contributed by atoms with Gasteiger partial charge in [-0.3, -0.25) is 9.59 Å². The van der Waals surface area contributed by atoms with Crippen molar-refractivity contribution in [2.45, 2.75) is 431 Å². The highest BCUT2D eigenvalue weighted by Gasteiger charge is 2.18. The molecule has 0 aromatic rings. The number of hydrogen-bond acceptors (Lipinski definition) is 5. The van der Waals surface area contributed by atoms with Crippen LogP contribution in [0.25, 0.3) is 0 Å². The van der Waals surface area contributed by atoms with Crippen molar-refractivity contribution in [1.82, 2.24) is 5.32 Å². The smallest absolute Gasteiger partial charge is 0.305 e. The summed E-state index contributed by atoms with van der Waals surface area (Å²) in [6, 6.07) is -0.627. The van der Waals surface area contributed by atoms with Gasteiger partial charge in [0.15, 0.2) is 0 Å². The molecule has 0 fully saturated rings. The van der Waals surface area contributed by atoms with Crippen LogP contribution in [-0.4, -0.2) is 47.4 Å². The maximum Gasteiger partial charge on any atom is 0.305 e. The zero-order valence-corrected chi connectivity index (χ0v) is 56.2. The summed E-state index contributed by atoms with van der Waals surface area (Å²) in [6.45, 7) is 4.94. The average molecular weight is 1170 g/mol. The summed E-state index contributed by atoms with van der Waals surface area (Å²) in [7, 11) is 0. The third-order valence-electron chi connectivity index (χ3n) is 17.6. The third kappa shape index (κ3) is 69.1. The largest absolute Gasteiger partial charge is 0.466 e. The molecule has 0 saturated heterocycles. The van der Waals surface area contributed by atoms with Gasteiger partial charge in [0.25, 0.3) is 0 Å². The molecule has 0 aliphatic rings. The molecule has 2 unspecified atom stereocenters. The fraction of sp³-hybridized carbons (Fsp3) is 0.896. The minimum absolute atomic E-state index is 0.0106. The van der Waals surface area contributed by atoms with Crippen molar-refractivity contribution >= 4 is 11.9 Å². The van der Waals surface area contributed by atoms with Crippen LogP contribution in [-0.2, 0) is 14.3 Å². The Kier molecular flexibility index (Phi) is 70.9. The molecule has 0 aromatic heterocycles. The van der Waals surface area contributed by atoms with Crippen LogP contribution in [0.3, 0.4) is 0 Å². The van der Waals surface area contributed by atoms with Crippen molar-refractivity contribution in [2.75, 3.05) is 13.2 Å². The molecule has 0 aliphatic heterocycles. The highest BCUT2D eigenvalue weighted by Crippen LogP contribution is 2.19. The van der Waals surface area contributed by atoms with E-state index in [0.29, 0.717) is 19.4 Å². The number of rotatable bonds is 71. The number of carbonyl (C=O) groups excluding carboxylic acids is 2. The molecular formula is C77H147NO5. The first kappa shape index (κ1) is 81.1. The molecule has 0 rings (SSSR count). The van der Waals surface area contributed by atoms with E-state index >= 15 is 0 Å². The second-order valence-electron chi connectivity index (χ2n) is 26.0. The minimum atomic E-state index is -0.844. The first-order valence-electron chi connectivity index (χ1n) is 37.8. The summed E-state index contributed by atoms with van der Waals surface area (Å²) < 4.78 is 5.50. The van der Waals surface area contributed by atoms with E-state index in [1.54, 1.807) is 6.08 Å². The summed E-state index contributed by atoms with van der Waals surface area (Å²) in [5, 5.41) is 23.2. The molecule has 0 spiro atoms. The van der Waals surface area contributed by atoms with E-state index in [1.165, 1.54) is 347 Å². The highest BCUT2D eigenvalue weighted by atomic mass is 16.5. The van der Waals surface area contributed by atoms with Crippen molar-refractivity contribution in [3.8, 4) is 0 Å². The third-order valence-corrected chi connectivity index (χ3v) is 17.6. The molecule has 6 heteroatoms. The van der Waals surface area contributed by atoms with E-state index in [-0.39, 0.29) is 18.5 Å². The Morgan fingerprint density at radius 1 is 0.325 bits per heavy atom. The normalized spacial score (nSPS) is 12.7. The molecule has 0 bridgehead atoms. The second-order valence-corrected chi connectivity index (χ2v) is 26.0. The molecule has 490 valence electrons. The number of aliphatic hydroxyl groups is 2. The number of hydrogen-bond donors (Lipinski definition) is 3. The van der Waals surface area contributed by atoms with E-state index in [1.807, 2.05) is 6.08 Å². The van der Waals surface area contributed by atoms with E-state index in [9.17, 15) is 19.8 Å². The quantitative estimate of drug-likeness (QED) is 0.0320. The summed E-state index contributed by atoms with van der Waals surface area (Å²) in [4.78, 5) is 24.6. The molecule has 1 amide bonds. The maximum atomic E-state index is 12.5. The van der Waals surface area contributed by atoms with Crippen molar-refractivity contribution in [3.05, 3.63) is 36.5 Å². The number of esters is 1. The van der Waals surface area contributed by atoms with Crippen LogP contribution in [0.15, 0.2) is 36.5 Å². The van der Waals surface area contributed by atoms with Crippen LogP contribution >= 0.6 is 0 Å². The number of allylic oxidation sites excluding steroid dienone is 5. The molecule has 0 aliphatic carbocycles. The average Bonchev–Trinajstić information content (AvgIpc) is 3.48. The molecule has 0 aromatic carbocycles. The van der Waals surface area contributed by atoms with E-state index in [0.717, 1.165) is 44.9 Å². The van der Waals surface area contributed by atoms with Crippen LogP contribution in [0.5, 0.6) is 0 Å². The second kappa shape index (κ2) is 72.6. The Morgan fingerprint density at radius 2 is 0.566 bits per heavy atom. The number of unbranched alkanes of at least 4 members (excludes halogenated alkanes) is 56. The zero-order valence-electron chi connectivity index (χ0n) is 56.2. The van der Waals surface area contributed by atoms with Gasteiger partial charge in [-0.05, 0) is 83.5 Å². The predicted octanol–water partition coefficient (Wildman–Crippen LogP) is 24.7. The lowest BCUT2D eigenvalue weighted by Gasteiger charge is -2.20. The molecule has 83 heavy (non-hydrogen) atoms. The van der Waals surface area contributed by atoms with E-state index < -0.39 is 12.1 Å². The molecule has 0 radical (unpaired) electrons. The van der Waals surface area contributed by atoms with Gasteiger partial charge in [-0.25, -0.2) is 0 Å². The Hall–Kier alpha value is -1.92. The summed E-state index contributed by atoms with van der Waals surface area (Å²) in [6.07, 6.45) is 93.9. The SMILES string of the molecule is CCCCCCCCC/C=C\CCCCCCCC(=O)OCCCCCCCCCCCCCC/C=C\CCCCCCCCCCCCCCCCCC(=O)NC(CO)C(O)/C=C/CCCCCCCCCCCCCCCCCCC. The van der Waals surface area contributed by atoms with Gasteiger partial charge < -0.3 is 20.3 Å². The molecule has 2 atom stereocenters. The Morgan fingerprint density at radius 3 is 0.855 bits per heavy atom. The first-order valence-corrected chi connectivity index (χ1v) is 37.8. The Balaban J connectivity index is 3.38. The van der Waals surface area contributed by atoms with Gasteiger partial charge in [-0.15, -0.1) is 0 Å². The standard InChI is InChI=1S/C77H147NO5/c1-3-5-7-9-11-13-15-17-19-21-35-38-41-45-49-53-57-61-65-69-75(80)74(73-79)78-76(81)70-66-62-58-54-50-46-42-39-36-33-31-29-27-25-23-22-24-26-28-30-32-34-37-40-44-48-52-56-60-64-68-72-83-77(82)71-67-63-59-55-51-47-43-20-18-16-14-12-10-8-6-4-2/h20,24,26,43,65,69,74-75,79-80H,3-19,21-23,25,27-42,44-64,66-68,70-73H2,1-2H3,(H,78,81)/b26-24-,43-20-,69-65+. The molecule has 6 nitrogen and oxygen atoms in total. The van der Waals surface area contributed by atoms with Gasteiger partial charge in [-0.2, -0.15) is 0 Å². The molecule has 0 heterocycles. The monoisotopic (exact) mass is 1170 g/mol. The van der Waals surface area contributed by atoms with Crippen molar-refractivity contribution < 1.29 is 24.5 Å². The van der Waals surface area contributed by atoms with Crippen molar-refractivity contribution in [2.24, 2.45) is 0 Å². The van der Waals surface area contributed by atoms with Crippen LogP contribution in [0, 0.1) is 0 Å². The maximum absolute atomic E-state index is 12.5. The van der Waals surface area contributed by atoms with Gasteiger partial charge in [0, 0.05) is 12.8 Å². The minimum Gasteiger partial charge on any atom is -0.466 e. The Bertz CT molecular complexity index is 1340. The summed E-state index contributed by atoms with van der Waals surface area (Å²) in [5.74, 6) is -0.0517. The topological polar surface area (TPSA) is 95.9 Å². The van der Waals surface area contributed by atoms with E-state index in [2.05, 4.69) is 43.5 Å². The lowest BCUT2D eigenvalue weighted by molar-refractivity contribution is -0.143. The van der Waals surface area contributed by atoms with Crippen LogP contribution in [0.4, 0.5) is 0 Å². The molecule has 0 saturated carbocycles. The number of amides is 1. The first-order chi connectivity index (χ1) is 41.0.